The van der Waals surface area contributed by atoms with Gasteiger partial charge in [-0.2, -0.15) is 0 Å². The van der Waals surface area contributed by atoms with E-state index in [4.69, 9.17) is 0 Å². The first kappa shape index (κ1) is 18.6. The van der Waals surface area contributed by atoms with Gasteiger partial charge in [0, 0.05) is 24.2 Å². The number of rotatable bonds is 7. The molecule has 6 heteroatoms. The van der Waals surface area contributed by atoms with E-state index in [2.05, 4.69) is 41.4 Å². The van der Waals surface area contributed by atoms with Crippen LogP contribution in [0.5, 0.6) is 0 Å². The van der Waals surface area contributed by atoms with Crippen molar-refractivity contribution in [3.05, 3.63) is 16.1 Å². The highest BCUT2D eigenvalue weighted by atomic mass is 127. The van der Waals surface area contributed by atoms with Crippen molar-refractivity contribution in [3.8, 4) is 0 Å². The predicted octanol–water partition coefficient (Wildman–Crippen LogP) is 3.31. The molecule has 4 nitrogen and oxygen atoms in total. The maximum atomic E-state index is 4.54. The molecular formula is C13H25IN4S. The van der Waals surface area contributed by atoms with Gasteiger partial charge < -0.3 is 10.6 Å². The SMILES string of the molecule is CCCCCNC(=NCc1ncc(C)s1)NCC.I. The van der Waals surface area contributed by atoms with Crippen molar-refractivity contribution in [2.24, 2.45) is 4.99 Å². The van der Waals surface area contributed by atoms with Crippen LogP contribution in [0.25, 0.3) is 0 Å². The lowest BCUT2D eigenvalue weighted by atomic mass is 10.2. The third-order valence-corrected chi connectivity index (χ3v) is 3.36. The highest BCUT2D eigenvalue weighted by Gasteiger charge is 1.99. The fraction of sp³-hybridized carbons (Fsp3) is 0.692. The van der Waals surface area contributed by atoms with Crippen LogP contribution in [0.3, 0.4) is 0 Å². The summed E-state index contributed by atoms with van der Waals surface area (Å²) in [6.07, 6.45) is 5.60. The van der Waals surface area contributed by atoms with Crippen LogP contribution in [-0.4, -0.2) is 24.0 Å². The molecule has 0 atom stereocenters. The Kier molecular flexibility index (Phi) is 11.2. The van der Waals surface area contributed by atoms with Crippen molar-refractivity contribution in [2.45, 2.75) is 46.6 Å². The maximum Gasteiger partial charge on any atom is 0.191 e. The first-order valence-corrected chi connectivity index (χ1v) is 7.51. The third-order valence-electron chi connectivity index (χ3n) is 2.46. The average Bonchev–Trinajstić information content (AvgIpc) is 2.77. The minimum Gasteiger partial charge on any atom is -0.357 e. The fourth-order valence-electron chi connectivity index (χ4n) is 1.54. The van der Waals surface area contributed by atoms with Gasteiger partial charge >= 0.3 is 0 Å². The van der Waals surface area contributed by atoms with Gasteiger partial charge in [0.2, 0.25) is 0 Å². The Bertz CT molecular complexity index is 365. The number of nitrogens with one attached hydrogen (secondary N) is 2. The number of unbranched alkanes of at least 4 members (excludes halogenated alkanes) is 2. The number of thiazole rings is 1. The number of aryl methyl sites for hydroxylation is 1. The topological polar surface area (TPSA) is 49.3 Å². The maximum absolute atomic E-state index is 4.54. The molecule has 0 aliphatic carbocycles. The highest BCUT2D eigenvalue weighted by Crippen LogP contribution is 2.11. The van der Waals surface area contributed by atoms with Gasteiger partial charge in [-0.15, -0.1) is 35.3 Å². The van der Waals surface area contributed by atoms with E-state index in [1.165, 1.54) is 24.1 Å². The molecule has 19 heavy (non-hydrogen) atoms. The average molecular weight is 396 g/mol. The Labute approximate surface area is 137 Å². The number of halogens is 1. The van der Waals surface area contributed by atoms with E-state index in [0.29, 0.717) is 6.54 Å². The summed E-state index contributed by atoms with van der Waals surface area (Å²) in [4.78, 5) is 10.1. The molecule has 0 saturated heterocycles. The molecule has 1 aromatic heterocycles. The van der Waals surface area contributed by atoms with Crippen molar-refractivity contribution in [3.63, 3.8) is 0 Å². The number of hydrogen-bond donors (Lipinski definition) is 2. The molecule has 1 rings (SSSR count). The Morgan fingerprint density at radius 3 is 2.68 bits per heavy atom. The molecule has 0 spiro atoms. The third kappa shape index (κ3) is 8.41. The molecule has 0 unspecified atom stereocenters. The van der Waals surface area contributed by atoms with E-state index in [-0.39, 0.29) is 24.0 Å². The number of guanidine groups is 1. The van der Waals surface area contributed by atoms with Crippen molar-refractivity contribution < 1.29 is 0 Å². The van der Waals surface area contributed by atoms with Crippen LogP contribution in [-0.2, 0) is 6.54 Å². The quantitative estimate of drug-likeness (QED) is 0.322. The van der Waals surface area contributed by atoms with Gasteiger partial charge in [0.1, 0.15) is 5.01 Å². The van der Waals surface area contributed by atoms with E-state index in [9.17, 15) is 0 Å². The molecule has 0 saturated carbocycles. The van der Waals surface area contributed by atoms with Gasteiger partial charge in [-0.1, -0.05) is 19.8 Å². The standard InChI is InChI=1S/C13H24N4S.HI/c1-4-6-7-8-15-13(14-5-2)17-10-12-16-9-11(3)18-12;/h9H,4-8,10H2,1-3H3,(H2,14,15,17);1H. The summed E-state index contributed by atoms with van der Waals surface area (Å²) >= 11 is 1.71. The lowest BCUT2D eigenvalue weighted by molar-refractivity contribution is 0.683. The lowest BCUT2D eigenvalue weighted by Gasteiger charge is -2.10. The van der Waals surface area contributed by atoms with Crippen molar-refractivity contribution in [1.82, 2.24) is 15.6 Å². The summed E-state index contributed by atoms with van der Waals surface area (Å²) in [5.74, 6) is 0.890. The van der Waals surface area contributed by atoms with E-state index in [1.54, 1.807) is 11.3 Å². The molecule has 0 aliphatic rings. The molecular weight excluding hydrogens is 371 g/mol. The van der Waals surface area contributed by atoms with Crippen LogP contribution in [0.1, 0.15) is 43.0 Å². The van der Waals surface area contributed by atoms with Crippen molar-refractivity contribution in [2.75, 3.05) is 13.1 Å². The van der Waals surface area contributed by atoms with E-state index in [1.807, 2.05) is 6.20 Å². The normalized spacial score (nSPS) is 11.0. The Morgan fingerprint density at radius 1 is 1.32 bits per heavy atom. The lowest BCUT2D eigenvalue weighted by Crippen LogP contribution is -2.37. The van der Waals surface area contributed by atoms with Gasteiger partial charge in [0.25, 0.3) is 0 Å². The Balaban J connectivity index is 0.00000324. The number of aromatic nitrogens is 1. The summed E-state index contributed by atoms with van der Waals surface area (Å²) in [7, 11) is 0. The first-order chi connectivity index (χ1) is 8.76. The molecule has 2 N–H and O–H groups in total. The second kappa shape index (κ2) is 11.5. The molecule has 0 radical (unpaired) electrons. The van der Waals surface area contributed by atoms with Gasteiger partial charge in [0.05, 0.1) is 6.54 Å². The van der Waals surface area contributed by atoms with Crippen LogP contribution < -0.4 is 10.6 Å². The summed E-state index contributed by atoms with van der Waals surface area (Å²) in [6, 6.07) is 0. The molecule has 1 aromatic rings. The van der Waals surface area contributed by atoms with Gasteiger partial charge in [0.15, 0.2) is 5.96 Å². The molecule has 0 amide bonds. The molecule has 0 aliphatic heterocycles. The smallest absolute Gasteiger partial charge is 0.191 e. The monoisotopic (exact) mass is 396 g/mol. The number of hydrogen-bond acceptors (Lipinski definition) is 3. The zero-order valence-corrected chi connectivity index (χ0v) is 15.2. The van der Waals surface area contributed by atoms with E-state index >= 15 is 0 Å². The Hall–Kier alpha value is -0.370. The molecule has 1 heterocycles. The Morgan fingerprint density at radius 2 is 2.11 bits per heavy atom. The molecule has 0 aromatic carbocycles. The summed E-state index contributed by atoms with van der Waals surface area (Å²) < 4.78 is 0. The zero-order chi connectivity index (χ0) is 13.2. The van der Waals surface area contributed by atoms with E-state index in [0.717, 1.165) is 24.1 Å². The van der Waals surface area contributed by atoms with Crippen LogP contribution in [0.2, 0.25) is 0 Å². The molecule has 0 bridgehead atoms. The van der Waals surface area contributed by atoms with E-state index < -0.39 is 0 Å². The predicted molar refractivity (Wildman–Crippen MR) is 94.6 cm³/mol. The minimum absolute atomic E-state index is 0. The van der Waals surface area contributed by atoms with Crippen LogP contribution in [0.15, 0.2) is 11.2 Å². The number of nitrogens with zero attached hydrogens (tertiary/aromatic N) is 2. The first-order valence-electron chi connectivity index (χ1n) is 6.69. The van der Waals surface area contributed by atoms with Gasteiger partial charge in [-0.05, 0) is 20.3 Å². The second-order valence-corrected chi connectivity index (χ2v) is 5.51. The van der Waals surface area contributed by atoms with Crippen LogP contribution >= 0.6 is 35.3 Å². The minimum atomic E-state index is 0. The van der Waals surface area contributed by atoms with Gasteiger partial charge in [-0.25, -0.2) is 9.98 Å². The highest BCUT2D eigenvalue weighted by molar-refractivity contribution is 14.0. The van der Waals surface area contributed by atoms with Crippen molar-refractivity contribution in [1.29, 1.82) is 0 Å². The van der Waals surface area contributed by atoms with Crippen molar-refractivity contribution >= 4 is 41.3 Å². The van der Waals surface area contributed by atoms with Crippen LogP contribution in [0.4, 0.5) is 0 Å². The second-order valence-electron chi connectivity index (χ2n) is 4.19. The number of aliphatic imine (C=N–C) groups is 1. The molecule has 110 valence electrons. The summed E-state index contributed by atoms with van der Waals surface area (Å²) in [6.45, 7) is 8.88. The fourth-order valence-corrected chi connectivity index (χ4v) is 2.26. The molecule has 0 fully saturated rings. The zero-order valence-electron chi connectivity index (χ0n) is 12.0. The summed E-state index contributed by atoms with van der Waals surface area (Å²) in [5.41, 5.74) is 0. The van der Waals surface area contributed by atoms with Gasteiger partial charge in [-0.3, -0.25) is 0 Å². The largest absolute Gasteiger partial charge is 0.357 e. The van der Waals surface area contributed by atoms with Crippen LogP contribution in [0, 0.1) is 6.92 Å². The summed E-state index contributed by atoms with van der Waals surface area (Å²) in [5, 5.41) is 7.67.